The van der Waals surface area contributed by atoms with Crippen molar-refractivity contribution in [2.24, 2.45) is 0 Å². The lowest BCUT2D eigenvalue weighted by molar-refractivity contribution is -0.198. The molecule has 11 nitrogen and oxygen atoms in total. The smallest absolute Gasteiger partial charge is 0.264 e. The first kappa shape index (κ1) is 17.5. The summed E-state index contributed by atoms with van der Waals surface area (Å²) < 4.78 is 47.1. The van der Waals surface area contributed by atoms with Gasteiger partial charge in [0, 0.05) is 0 Å². The molecule has 0 aromatic carbocycles. The molecule has 26 heavy (non-hydrogen) atoms. The number of fused-ring (bicyclic) bond motifs is 2. The van der Waals surface area contributed by atoms with Gasteiger partial charge in [-0.15, -0.1) is 0 Å². The molecule has 2 aliphatic heterocycles. The van der Waals surface area contributed by atoms with Crippen molar-refractivity contribution < 1.29 is 26.8 Å². The Morgan fingerprint density at radius 2 is 2.00 bits per heavy atom. The van der Waals surface area contributed by atoms with Crippen LogP contribution >= 0.6 is 0 Å². The summed E-state index contributed by atoms with van der Waals surface area (Å²) in [6.45, 7) is 3.38. The number of nitrogens with two attached hydrogens (primary N) is 1. The third-order valence-corrected chi connectivity index (χ3v) is 4.80. The number of aromatic nitrogens is 4. The zero-order valence-electron chi connectivity index (χ0n) is 14.4. The number of hydrogen-bond donors (Lipinski definition) is 1. The van der Waals surface area contributed by atoms with Crippen LogP contribution in [-0.2, 0) is 28.5 Å². The van der Waals surface area contributed by atoms with Crippen LogP contribution in [0, 0.1) is 0 Å². The molecule has 4 atom stereocenters. The highest BCUT2D eigenvalue weighted by atomic mass is 32.2. The Hall–Kier alpha value is -1.86. The molecule has 0 amide bonds. The van der Waals surface area contributed by atoms with Gasteiger partial charge in [-0.3, -0.25) is 8.75 Å². The van der Waals surface area contributed by atoms with Crippen LogP contribution in [-0.4, -0.2) is 64.9 Å². The summed E-state index contributed by atoms with van der Waals surface area (Å²) in [5.74, 6) is -0.588. The van der Waals surface area contributed by atoms with Gasteiger partial charge >= 0.3 is 0 Å². The average molecular weight is 385 g/mol. The van der Waals surface area contributed by atoms with Crippen LogP contribution in [0.25, 0.3) is 11.2 Å². The van der Waals surface area contributed by atoms with Crippen molar-refractivity contribution in [3.05, 3.63) is 12.7 Å². The Bertz CT molecular complexity index is 944. The van der Waals surface area contributed by atoms with Gasteiger partial charge in [0.05, 0.1) is 19.2 Å². The first-order chi connectivity index (χ1) is 12.1. The fourth-order valence-corrected chi connectivity index (χ4v) is 3.65. The number of imidazole rings is 1. The van der Waals surface area contributed by atoms with Crippen LogP contribution in [0.3, 0.4) is 0 Å². The first-order valence-corrected chi connectivity index (χ1v) is 9.75. The number of nitrogens with zero attached hydrogens (tertiary/aromatic N) is 4. The van der Waals surface area contributed by atoms with Crippen molar-refractivity contribution in [3.63, 3.8) is 0 Å². The average Bonchev–Trinajstić information content (AvgIpc) is 3.16. The van der Waals surface area contributed by atoms with E-state index in [1.807, 2.05) is 0 Å². The van der Waals surface area contributed by atoms with E-state index in [9.17, 15) is 8.42 Å². The van der Waals surface area contributed by atoms with Gasteiger partial charge in [-0.1, -0.05) is 0 Å². The third kappa shape index (κ3) is 3.03. The number of ether oxygens (including phenoxy) is 3. The second kappa shape index (κ2) is 5.82. The largest absolute Gasteiger partial charge is 0.382 e. The first-order valence-electron chi connectivity index (χ1n) is 7.93. The van der Waals surface area contributed by atoms with Crippen LogP contribution in [0.5, 0.6) is 0 Å². The lowest BCUT2D eigenvalue weighted by atomic mass is 10.1. The minimum atomic E-state index is -3.61. The molecule has 0 radical (unpaired) electrons. The molecule has 0 aliphatic carbocycles. The van der Waals surface area contributed by atoms with Crippen LogP contribution in [0.1, 0.15) is 20.1 Å². The maximum absolute atomic E-state index is 11.3. The monoisotopic (exact) mass is 385 g/mol. The van der Waals surface area contributed by atoms with E-state index in [0.717, 1.165) is 6.26 Å². The molecule has 4 rings (SSSR count). The maximum Gasteiger partial charge on any atom is 0.264 e. The molecule has 4 heterocycles. The van der Waals surface area contributed by atoms with Gasteiger partial charge in [0.1, 0.15) is 30.2 Å². The van der Waals surface area contributed by atoms with Gasteiger partial charge < -0.3 is 19.9 Å². The quantitative estimate of drug-likeness (QED) is 0.703. The van der Waals surface area contributed by atoms with E-state index < -0.39 is 40.4 Å². The van der Waals surface area contributed by atoms with Gasteiger partial charge in [0.15, 0.2) is 23.5 Å². The van der Waals surface area contributed by atoms with E-state index in [-0.39, 0.29) is 12.4 Å². The SMILES string of the molecule is CC1(C)OC2C(COS(C)(=O)=O)OC(n3cnc4c(N)ncnc43)C2O1. The molecule has 0 saturated carbocycles. The van der Waals surface area contributed by atoms with E-state index >= 15 is 0 Å². The molecule has 2 aromatic rings. The second-order valence-electron chi connectivity index (χ2n) is 6.70. The van der Waals surface area contributed by atoms with Crippen LogP contribution in [0.4, 0.5) is 5.82 Å². The van der Waals surface area contributed by atoms with Gasteiger partial charge in [-0.25, -0.2) is 15.0 Å². The zero-order chi connectivity index (χ0) is 18.7. The molecule has 142 valence electrons. The molecule has 2 aliphatic rings. The number of nitrogen functional groups attached to an aromatic ring is 1. The van der Waals surface area contributed by atoms with E-state index in [1.165, 1.54) is 12.7 Å². The molecule has 0 spiro atoms. The molecule has 2 aromatic heterocycles. The summed E-state index contributed by atoms with van der Waals surface area (Å²) in [6, 6.07) is 0. The second-order valence-corrected chi connectivity index (χ2v) is 8.35. The van der Waals surface area contributed by atoms with Crippen molar-refractivity contribution in [1.82, 2.24) is 19.5 Å². The maximum atomic E-state index is 11.3. The van der Waals surface area contributed by atoms with Gasteiger partial charge in [-0.05, 0) is 13.8 Å². The standard InChI is InChI=1S/C14H19N5O6S/c1-14(2)24-9-7(4-22-26(3,20)21)23-13(10(9)25-14)19-6-18-8-11(15)16-5-17-12(8)19/h5-7,9-10,13H,4H2,1-3H3,(H2,15,16,17). The number of rotatable bonds is 4. The fraction of sp³-hybridized carbons (Fsp3) is 0.643. The van der Waals surface area contributed by atoms with Gasteiger partial charge in [0.2, 0.25) is 0 Å². The Morgan fingerprint density at radius 3 is 2.73 bits per heavy atom. The molecule has 4 unspecified atom stereocenters. The Kier molecular flexibility index (Phi) is 3.93. The van der Waals surface area contributed by atoms with Crippen molar-refractivity contribution in [1.29, 1.82) is 0 Å². The predicted molar refractivity (Wildman–Crippen MR) is 88.3 cm³/mol. The highest BCUT2D eigenvalue weighted by Gasteiger charge is 2.56. The summed E-state index contributed by atoms with van der Waals surface area (Å²) >= 11 is 0. The highest BCUT2D eigenvalue weighted by molar-refractivity contribution is 7.85. The van der Waals surface area contributed by atoms with Crippen LogP contribution in [0.15, 0.2) is 12.7 Å². The molecule has 2 N–H and O–H groups in total. The van der Waals surface area contributed by atoms with E-state index in [0.29, 0.717) is 11.2 Å². The molecule has 2 saturated heterocycles. The summed E-state index contributed by atoms with van der Waals surface area (Å²) in [4.78, 5) is 12.4. The van der Waals surface area contributed by atoms with E-state index in [2.05, 4.69) is 15.0 Å². The minimum absolute atomic E-state index is 0.181. The molecule has 2 fully saturated rings. The van der Waals surface area contributed by atoms with Crippen molar-refractivity contribution in [2.45, 2.75) is 44.2 Å². The summed E-state index contributed by atoms with van der Waals surface area (Å²) in [5, 5.41) is 0. The van der Waals surface area contributed by atoms with Gasteiger partial charge in [-0.2, -0.15) is 8.42 Å². The highest BCUT2D eigenvalue weighted by Crippen LogP contribution is 2.43. The Balaban J connectivity index is 1.68. The number of anilines is 1. The zero-order valence-corrected chi connectivity index (χ0v) is 15.2. The molecular weight excluding hydrogens is 366 g/mol. The number of hydrogen-bond acceptors (Lipinski definition) is 10. The van der Waals surface area contributed by atoms with Crippen molar-refractivity contribution in [2.75, 3.05) is 18.6 Å². The normalized spacial score (nSPS) is 30.7. The molecular formula is C14H19N5O6S. The summed E-state index contributed by atoms with van der Waals surface area (Å²) in [7, 11) is -3.61. The summed E-state index contributed by atoms with van der Waals surface area (Å²) in [6.07, 6.45) is 1.58. The molecule has 0 bridgehead atoms. The van der Waals surface area contributed by atoms with E-state index in [4.69, 9.17) is 24.1 Å². The topological polar surface area (TPSA) is 141 Å². The fourth-order valence-electron chi connectivity index (χ4n) is 3.26. The Morgan fingerprint density at radius 1 is 1.27 bits per heavy atom. The molecule has 12 heteroatoms. The van der Waals surface area contributed by atoms with Crippen molar-refractivity contribution >= 4 is 27.1 Å². The lowest BCUT2D eigenvalue weighted by Gasteiger charge is -2.24. The van der Waals surface area contributed by atoms with Gasteiger partial charge in [0.25, 0.3) is 10.1 Å². The van der Waals surface area contributed by atoms with E-state index in [1.54, 1.807) is 18.4 Å². The third-order valence-electron chi connectivity index (χ3n) is 4.23. The minimum Gasteiger partial charge on any atom is -0.382 e. The Labute approximate surface area is 149 Å². The van der Waals surface area contributed by atoms with Crippen molar-refractivity contribution in [3.8, 4) is 0 Å². The predicted octanol–water partition coefficient (Wildman–Crippen LogP) is -0.198. The van der Waals surface area contributed by atoms with Crippen LogP contribution < -0.4 is 5.73 Å². The lowest BCUT2D eigenvalue weighted by Crippen LogP contribution is -2.33. The summed E-state index contributed by atoms with van der Waals surface area (Å²) in [5.41, 5.74) is 6.76. The van der Waals surface area contributed by atoms with Crippen LogP contribution in [0.2, 0.25) is 0 Å².